The fourth-order valence-electron chi connectivity index (χ4n) is 3.25. The molecule has 0 bridgehead atoms. The summed E-state index contributed by atoms with van der Waals surface area (Å²) in [5.74, 6) is -0.787. The number of hydrogen-bond donors (Lipinski definition) is 3. The summed E-state index contributed by atoms with van der Waals surface area (Å²) in [5.41, 5.74) is 4.02. The van der Waals surface area contributed by atoms with E-state index in [0.29, 0.717) is 12.1 Å². The second kappa shape index (κ2) is 6.42. The van der Waals surface area contributed by atoms with Crippen LogP contribution in [-0.4, -0.2) is 38.3 Å². The maximum Gasteiger partial charge on any atom is 0.325 e. The Morgan fingerprint density at radius 3 is 2.70 bits per heavy atom. The normalized spacial score (nSPS) is 15.4. The van der Waals surface area contributed by atoms with Gasteiger partial charge in [0.25, 0.3) is 0 Å². The number of aromatic nitrogens is 2. The van der Waals surface area contributed by atoms with E-state index in [0.717, 1.165) is 25.0 Å². The summed E-state index contributed by atoms with van der Waals surface area (Å²) in [6.45, 7) is 0.476. The molecule has 122 valence electrons. The van der Waals surface area contributed by atoms with E-state index in [9.17, 15) is 15.0 Å². The number of aromatic amines is 1. The highest BCUT2D eigenvalue weighted by molar-refractivity contribution is 5.75. The lowest BCUT2D eigenvalue weighted by Gasteiger charge is -2.25. The molecule has 6 nitrogen and oxygen atoms in total. The van der Waals surface area contributed by atoms with Crippen molar-refractivity contribution in [3.8, 4) is 5.75 Å². The molecule has 1 aromatic carbocycles. The van der Waals surface area contributed by atoms with Crippen molar-refractivity contribution < 1.29 is 15.0 Å². The first-order chi connectivity index (χ1) is 11.1. The molecule has 6 heteroatoms. The van der Waals surface area contributed by atoms with Gasteiger partial charge in [0.15, 0.2) is 0 Å². The highest BCUT2D eigenvalue weighted by Gasteiger charge is 2.27. The van der Waals surface area contributed by atoms with Crippen LogP contribution in [0.25, 0.3) is 0 Å². The van der Waals surface area contributed by atoms with E-state index >= 15 is 0 Å². The third-order valence-electron chi connectivity index (χ3n) is 4.42. The van der Waals surface area contributed by atoms with Gasteiger partial charge in [-0.1, -0.05) is 12.1 Å². The summed E-state index contributed by atoms with van der Waals surface area (Å²) in [4.78, 5) is 13.5. The number of carboxylic acid groups (broad SMARTS) is 1. The Morgan fingerprint density at radius 2 is 2.00 bits per heavy atom. The largest absolute Gasteiger partial charge is 0.508 e. The summed E-state index contributed by atoms with van der Waals surface area (Å²) in [5, 5.41) is 26.5. The summed E-state index contributed by atoms with van der Waals surface area (Å²) in [6.07, 6.45) is 4.36. The molecular formula is C17H21N3O3. The molecule has 0 aliphatic heterocycles. The highest BCUT2D eigenvalue weighted by Crippen LogP contribution is 2.27. The van der Waals surface area contributed by atoms with E-state index in [2.05, 4.69) is 10.2 Å². The van der Waals surface area contributed by atoms with Gasteiger partial charge in [-0.25, -0.2) is 0 Å². The number of phenols is 1. The van der Waals surface area contributed by atoms with Gasteiger partial charge in [0.2, 0.25) is 0 Å². The Morgan fingerprint density at radius 1 is 1.30 bits per heavy atom. The van der Waals surface area contributed by atoms with E-state index in [1.165, 1.54) is 29.8 Å². The maximum absolute atomic E-state index is 11.7. The number of fused-ring (bicyclic) bond motifs is 1. The number of aliphatic carboxylic acids is 1. The highest BCUT2D eigenvalue weighted by atomic mass is 16.4. The van der Waals surface area contributed by atoms with E-state index in [-0.39, 0.29) is 5.75 Å². The average Bonchev–Trinajstić information content (AvgIpc) is 2.92. The number of rotatable bonds is 5. The molecule has 3 N–H and O–H groups in total. The first-order valence-corrected chi connectivity index (χ1v) is 7.83. The number of H-pyrrole nitrogens is 1. The minimum atomic E-state index is -0.914. The topological polar surface area (TPSA) is 89.5 Å². The van der Waals surface area contributed by atoms with Gasteiger partial charge in [0.05, 0.1) is 5.69 Å². The van der Waals surface area contributed by atoms with Crippen LogP contribution < -0.4 is 0 Å². The molecule has 0 fully saturated rings. The molecule has 2 aromatic rings. The third kappa shape index (κ3) is 3.22. The van der Waals surface area contributed by atoms with Crippen LogP contribution in [0, 0.1) is 0 Å². The molecule has 0 saturated heterocycles. The van der Waals surface area contributed by atoms with Crippen LogP contribution in [-0.2, 0) is 24.2 Å². The molecule has 1 heterocycles. The molecule has 3 rings (SSSR count). The average molecular weight is 315 g/mol. The molecule has 1 aliphatic carbocycles. The second-order valence-corrected chi connectivity index (χ2v) is 6.08. The molecule has 1 aliphatic rings. The van der Waals surface area contributed by atoms with Crippen molar-refractivity contribution in [1.82, 2.24) is 15.1 Å². The number of carbonyl (C=O) groups is 1. The lowest BCUT2D eigenvalue weighted by atomic mass is 9.95. The number of hydrogen-bond acceptors (Lipinski definition) is 4. The zero-order valence-electron chi connectivity index (χ0n) is 13.1. The molecule has 1 aromatic heterocycles. The fraction of sp³-hybridized carbons (Fsp3) is 0.412. The Kier molecular flexibility index (Phi) is 4.34. The predicted octanol–water partition coefficient (Wildman–Crippen LogP) is 2.25. The van der Waals surface area contributed by atoms with Crippen LogP contribution in [0.5, 0.6) is 5.75 Å². The summed E-state index contributed by atoms with van der Waals surface area (Å²) in [7, 11) is 1.79. The standard InChI is InChI=1S/C17H21N3O3/c1-20(10-15-13-4-2-3-5-14(13)18-19-15)16(17(22)23)11-6-8-12(21)9-7-11/h6-9,16,21H,2-5,10H2,1H3,(H,18,19)(H,22,23)/t16-/m0/s1. The SMILES string of the molecule is CN(Cc1n[nH]c2c1CCCC2)[C@H](C(=O)O)c1ccc(O)cc1. The summed E-state index contributed by atoms with van der Waals surface area (Å²) in [6, 6.07) is 5.53. The maximum atomic E-state index is 11.7. The van der Waals surface area contributed by atoms with Gasteiger partial charge in [-0.2, -0.15) is 5.10 Å². The Balaban J connectivity index is 1.82. The smallest absolute Gasteiger partial charge is 0.325 e. The molecule has 0 spiro atoms. The molecule has 0 amide bonds. The molecule has 0 radical (unpaired) electrons. The number of aromatic hydroxyl groups is 1. The van der Waals surface area contributed by atoms with Crippen LogP contribution in [0.3, 0.4) is 0 Å². The van der Waals surface area contributed by atoms with E-state index in [1.54, 1.807) is 24.1 Å². The minimum absolute atomic E-state index is 0.127. The van der Waals surface area contributed by atoms with E-state index in [1.807, 2.05) is 0 Å². The van der Waals surface area contributed by atoms with Gasteiger partial charge in [-0.3, -0.25) is 14.8 Å². The zero-order valence-corrected chi connectivity index (χ0v) is 13.1. The predicted molar refractivity (Wildman–Crippen MR) is 85.2 cm³/mol. The minimum Gasteiger partial charge on any atom is -0.508 e. The quantitative estimate of drug-likeness (QED) is 0.787. The monoisotopic (exact) mass is 315 g/mol. The second-order valence-electron chi connectivity index (χ2n) is 6.08. The van der Waals surface area contributed by atoms with Crippen molar-refractivity contribution in [2.45, 2.75) is 38.3 Å². The van der Waals surface area contributed by atoms with Gasteiger partial charge < -0.3 is 10.2 Å². The Hall–Kier alpha value is -2.34. The summed E-state index contributed by atoms with van der Waals surface area (Å²) < 4.78 is 0. The molecule has 0 saturated carbocycles. The lowest BCUT2D eigenvalue weighted by Crippen LogP contribution is -2.31. The number of aryl methyl sites for hydroxylation is 1. The first kappa shape index (κ1) is 15.6. The van der Waals surface area contributed by atoms with Crippen LogP contribution >= 0.6 is 0 Å². The van der Waals surface area contributed by atoms with Crippen molar-refractivity contribution in [3.05, 3.63) is 46.8 Å². The first-order valence-electron chi connectivity index (χ1n) is 7.83. The van der Waals surface area contributed by atoms with Crippen LogP contribution in [0.15, 0.2) is 24.3 Å². The Labute approximate surface area is 134 Å². The van der Waals surface area contributed by atoms with E-state index in [4.69, 9.17) is 0 Å². The van der Waals surface area contributed by atoms with Gasteiger partial charge in [0, 0.05) is 12.2 Å². The van der Waals surface area contributed by atoms with Gasteiger partial charge in [-0.15, -0.1) is 0 Å². The Bertz CT molecular complexity index is 694. The van der Waals surface area contributed by atoms with Crippen molar-refractivity contribution in [2.24, 2.45) is 0 Å². The van der Waals surface area contributed by atoms with Crippen molar-refractivity contribution in [2.75, 3.05) is 7.05 Å². The third-order valence-corrected chi connectivity index (χ3v) is 4.42. The molecular weight excluding hydrogens is 294 g/mol. The fourth-order valence-corrected chi connectivity index (χ4v) is 3.25. The number of likely N-dealkylation sites (N-methyl/N-ethyl adjacent to an activating group) is 1. The number of nitrogens with zero attached hydrogens (tertiary/aromatic N) is 2. The number of carboxylic acids is 1. The molecule has 0 unspecified atom stereocenters. The number of benzene rings is 1. The lowest BCUT2D eigenvalue weighted by molar-refractivity contribution is -0.143. The van der Waals surface area contributed by atoms with Gasteiger partial charge in [0.1, 0.15) is 11.8 Å². The van der Waals surface area contributed by atoms with Crippen molar-refractivity contribution in [1.29, 1.82) is 0 Å². The number of nitrogens with one attached hydrogen (secondary N) is 1. The van der Waals surface area contributed by atoms with Gasteiger partial charge >= 0.3 is 5.97 Å². The van der Waals surface area contributed by atoms with Crippen LogP contribution in [0.4, 0.5) is 0 Å². The zero-order chi connectivity index (χ0) is 16.4. The van der Waals surface area contributed by atoms with Crippen molar-refractivity contribution >= 4 is 5.97 Å². The van der Waals surface area contributed by atoms with Crippen molar-refractivity contribution in [3.63, 3.8) is 0 Å². The van der Waals surface area contributed by atoms with E-state index < -0.39 is 12.0 Å². The van der Waals surface area contributed by atoms with Crippen LogP contribution in [0.2, 0.25) is 0 Å². The molecule has 23 heavy (non-hydrogen) atoms. The number of phenolic OH excluding ortho intramolecular Hbond substituents is 1. The summed E-state index contributed by atoms with van der Waals surface area (Å²) >= 11 is 0. The van der Waals surface area contributed by atoms with Gasteiger partial charge in [-0.05, 0) is 56.0 Å². The molecule has 1 atom stereocenters. The van der Waals surface area contributed by atoms with Crippen LogP contribution in [0.1, 0.15) is 41.4 Å².